The first-order valence-corrected chi connectivity index (χ1v) is 8.57. The Morgan fingerprint density at radius 2 is 2.08 bits per heavy atom. The van der Waals surface area contributed by atoms with E-state index in [0.717, 1.165) is 56.2 Å². The van der Waals surface area contributed by atoms with Crippen LogP contribution in [0.2, 0.25) is 0 Å². The molecule has 8 heteroatoms. The molecule has 0 bridgehead atoms. The van der Waals surface area contributed by atoms with Crippen molar-refractivity contribution in [1.29, 1.82) is 0 Å². The summed E-state index contributed by atoms with van der Waals surface area (Å²) in [6, 6.07) is 4.31. The highest BCUT2D eigenvalue weighted by Gasteiger charge is 2.37. The molecule has 1 unspecified atom stereocenters. The molecule has 2 fully saturated rings. The molecule has 0 saturated carbocycles. The molecule has 0 aliphatic carbocycles. The van der Waals surface area contributed by atoms with Crippen LogP contribution >= 0.6 is 0 Å². The summed E-state index contributed by atoms with van der Waals surface area (Å²) in [5.74, 6) is 1.89. The lowest BCUT2D eigenvalue weighted by Gasteiger charge is -2.46. The SMILES string of the molecule is Cc1nnc2ccc(N3CC(N(C)C4CCCCNC4=O)C3)nn12. The van der Waals surface area contributed by atoms with Gasteiger partial charge in [-0.15, -0.1) is 15.3 Å². The number of anilines is 1. The molecule has 2 aromatic rings. The molecule has 2 aliphatic rings. The number of carbonyl (C=O) groups excluding carboxylic acids is 1. The quantitative estimate of drug-likeness (QED) is 0.868. The van der Waals surface area contributed by atoms with E-state index in [0.29, 0.717) is 6.04 Å². The molecule has 24 heavy (non-hydrogen) atoms. The molecule has 1 amide bonds. The van der Waals surface area contributed by atoms with Gasteiger partial charge in [0.2, 0.25) is 5.91 Å². The van der Waals surface area contributed by atoms with Gasteiger partial charge in [-0.25, -0.2) is 0 Å². The number of aryl methyl sites for hydroxylation is 1. The Balaban J connectivity index is 1.43. The fourth-order valence-corrected chi connectivity index (χ4v) is 3.52. The van der Waals surface area contributed by atoms with Gasteiger partial charge in [0.15, 0.2) is 11.5 Å². The van der Waals surface area contributed by atoms with E-state index in [1.54, 1.807) is 4.52 Å². The maximum absolute atomic E-state index is 12.2. The first-order chi connectivity index (χ1) is 11.6. The highest BCUT2D eigenvalue weighted by molar-refractivity contribution is 5.82. The van der Waals surface area contributed by atoms with Gasteiger partial charge >= 0.3 is 0 Å². The molecule has 8 nitrogen and oxygen atoms in total. The average Bonchev–Trinajstić information content (AvgIpc) is 2.76. The minimum absolute atomic E-state index is 0.00446. The van der Waals surface area contributed by atoms with Crippen molar-refractivity contribution in [3.05, 3.63) is 18.0 Å². The smallest absolute Gasteiger partial charge is 0.237 e. The number of amides is 1. The van der Waals surface area contributed by atoms with Gasteiger partial charge in [-0.1, -0.05) is 0 Å². The zero-order valence-electron chi connectivity index (χ0n) is 14.1. The number of likely N-dealkylation sites (N-methyl/N-ethyl adjacent to an activating group) is 1. The molecule has 2 aromatic heterocycles. The zero-order chi connectivity index (χ0) is 16.7. The molecule has 1 atom stereocenters. The molecular weight excluding hydrogens is 306 g/mol. The summed E-state index contributed by atoms with van der Waals surface area (Å²) in [6.45, 7) is 4.48. The standard InChI is InChI=1S/C16H23N7O/c1-11-18-19-14-6-7-15(20-23(11)14)22-9-12(10-22)21(2)13-5-3-4-8-17-16(13)24/h6-7,12-13H,3-5,8-10H2,1-2H3,(H,17,24). The van der Waals surface area contributed by atoms with E-state index >= 15 is 0 Å². The summed E-state index contributed by atoms with van der Waals surface area (Å²) < 4.78 is 1.77. The van der Waals surface area contributed by atoms with Gasteiger partial charge in [0.05, 0.1) is 6.04 Å². The van der Waals surface area contributed by atoms with Crippen LogP contribution in [0.15, 0.2) is 12.1 Å². The van der Waals surface area contributed by atoms with Crippen molar-refractivity contribution in [2.24, 2.45) is 0 Å². The van der Waals surface area contributed by atoms with Crippen LogP contribution in [0.1, 0.15) is 25.1 Å². The van der Waals surface area contributed by atoms with Crippen LogP contribution in [-0.2, 0) is 4.79 Å². The molecule has 1 N–H and O–H groups in total. The molecule has 2 saturated heterocycles. The van der Waals surface area contributed by atoms with E-state index in [1.165, 1.54) is 0 Å². The largest absolute Gasteiger partial charge is 0.355 e. The highest BCUT2D eigenvalue weighted by atomic mass is 16.2. The third-order valence-corrected chi connectivity index (χ3v) is 5.16. The van der Waals surface area contributed by atoms with Crippen LogP contribution in [0.5, 0.6) is 0 Å². The number of nitrogens with one attached hydrogen (secondary N) is 1. The molecule has 4 heterocycles. The monoisotopic (exact) mass is 329 g/mol. The van der Waals surface area contributed by atoms with Crippen LogP contribution in [0.3, 0.4) is 0 Å². The van der Waals surface area contributed by atoms with Crippen LogP contribution in [-0.4, -0.2) is 69.4 Å². The van der Waals surface area contributed by atoms with Crippen LogP contribution < -0.4 is 10.2 Å². The van der Waals surface area contributed by atoms with Crippen molar-refractivity contribution >= 4 is 17.4 Å². The summed E-state index contributed by atoms with van der Waals surface area (Å²) in [5, 5.41) is 15.7. The lowest BCUT2D eigenvalue weighted by Crippen LogP contribution is -2.62. The van der Waals surface area contributed by atoms with Gasteiger partial charge in [0, 0.05) is 25.7 Å². The van der Waals surface area contributed by atoms with Crippen LogP contribution in [0, 0.1) is 6.92 Å². The number of fused-ring (bicyclic) bond motifs is 1. The van der Waals surface area contributed by atoms with Crippen molar-refractivity contribution in [1.82, 2.24) is 30.0 Å². The van der Waals surface area contributed by atoms with Crippen molar-refractivity contribution in [3.8, 4) is 0 Å². The van der Waals surface area contributed by atoms with Crippen molar-refractivity contribution in [2.45, 2.75) is 38.3 Å². The molecule has 2 aliphatic heterocycles. The van der Waals surface area contributed by atoms with Crippen molar-refractivity contribution < 1.29 is 4.79 Å². The second-order valence-corrected chi connectivity index (χ2v) is 6.74. The summed E-state index contributed by atoms with van der Waals surface area (Å²) in [7, 11) is 2.07. The van der Waals surface area contributed by atoms with Crippen molar-refractivity contribution in [2.75, 3.05) is 31.6 Å². The highest BCUT2D eigenvalue weighted by Crippen LogP contribution is 2.24. The van der Waals surface area contributed by atoms with Gasteiger partial charge in [-0.2, -0.15) is 4.52 Å². The zero-order valence-corrected chi connectivity index (χ0v) is 14.1. The third-order valence-electron chi connectivity index (χ3n) is 5.16. The number of rotatable bonds is 3. The number of hydrogen-bond acceptors (Lipinski definition) is 6. The Kier molecular flexibility index (Phi) is 3.84. The molecule has 128 valence electrons. The average molecular weight is 329 g/mol. The maximum atomic E-state index is 12.2. The second-order valence-electron chi connectivity index (χ2n) is 6.74. The fourth-order valence-electron chi connectivity index (χ4n) is 3.52. The van der Waals surface area contributed by atoms with Gasteiger partial charge in [-0.05, 0) is 45.4 Å². The Morgan fingerprint density at radius 1 is 1.25 bits per heavy atom. The number of hydrogen-bond donors (Lipinski definition) is 1. The molecule has 0 radical (unpaired) electrons. The van der Waals surface area contributed by atoms with Gasteiger partial charge in [0.25, 0.3) is 0 Å². The molecule has 4 rings (SSSR count). The Hall–Kier alpha value is -2.22. The summed E-state index contributed by atoms with van der Waals surface area (Å²) in [6.07, 6.45) is 3.13. The molecule has 0 aromatic carbocycles. The lowest BCUT2D eigenvalue weighted by atomic mass is 10.0. The van der Waals surface area contributed by atoms with E-state index in [1.807, 2.05) is 19.1 Å². The van der Waals surface area contributed by atoms with Crippen molar-refractivity contribution in [3.63, 3.8) is 0 Å². The Labute approximate surface area is 140 Å². The third kappa shape index (κ3) is 2.60. The summed E-state index contributed by atoms with van der Waals surface area (Å²) in [5.41, 5.74) is 0.764. The molecular formula is C16H23N7O. The lowest BCUT2D eigenvalue weighted by molar-refractivity contribution is -0.126. The van der Waals surface area contributed by atoms with E-state index in [4.69, 9.17) is 0 Å². The first kappa shape index (κ1) is 15.3. The van der Waals surface area contributed by atoms with Crippen LogP contribution in [0.4, 0.5) is 5.82 Å². The van der Waals surface area contributed by atoms with E-state index in [-0.39, 0.29) is 11.9 Å². The Bertz CT molecular complexity index is 752. The minimum atomic E-state index is -0.00446. The normalized spacial score (nSPS) is 22.5. The second kappa shape index (κ2) is 6.01. The predicted octanol–water partition coefficient (Wildman–Crippen LogP) is 0.222. The number of nitrogens with zero attached hydrogens (tertiary/aromatic N) is 6. The topological polar surface area (TPSA) is 78.7 Å². The fraction of sp³-hybridized carbons (Fsp3) is 0.625. The number of carbonyl (C=O) groups is 1. The Morgan fingerprint density at radius 3 is 2.92 bits per heavy atom. The summed E-state index contributed by atoms with van der Waals surface area (Å²) in [4.78, 5) is 16.7. The van der Waals surface area contributed by atoms with E-state index in [2.05, 4.69) is 37.5 Å². The number of aromatic nitrogens is 4. The van der Waals surface area contributed by atoms with Gasteiger partial charge in [0.1, 0.15) is 5.82 Å². The predicted molar refractivity (Wildman–Crippen MR) is 89.9 cm³/mol. The van der Waals surface area contributed by atoms with E-state index in [9.17, 15) is 4.79 Å². The summed E-state index contributed by atoms with van der Waals surface area (Å²) >= 11 is 0. The minimum Gasteiger partial charge on any atom is -0.355 e. The van der Waals surface area contributed by atoms with Gasteiger partial charge < -0.3 is 10.2 Å². The molecule has 0 spiro atoms. The van der Waals surface area contributed by atoms with E-state index < -0.39 is 0 Å². The first-order valence-electron chi connectivity index (χ1n) is 8.57. The van der Waals surface area contributed by atoms with Gasteiger partial charge in [-0.3, -0.25) is 9.69 Å². The maximum Gasteiger partial charge on any atom is 0.237 e. The van der Waals surface area contributed by atoms with Crippen LogP contribution in [0.25, 0.3) is 5.65 Å².